The van der Waals surface area contributed by atoms with Crippen molar-refractivity contribution in [2.45, 2.75) is 29.4 Å². The number of carboxylic acids is 1. The Bertz CT molecular complexity index is 1430. The van der Waals surface area contributed by atoms with Crippen LogP contribution in [0.5, 0.6) is 0 Å². The Morgan fingerprint density at radius 2 is 1.87 bits per heavy atom. The van der Waals surface area contributed by atoms with Gasteiger partial charge in [0, 0.05) is 35.9 Å². The molecule has 3 aromatic rings. The van der Waals surface area contributed by atoms with E-state index in [0.717, 1.165) is 27.3 Å². The number of carbonyl (C=O) groups excluding carboxylic acids is 1. The van der Waals surface area contributed by atoms with Gasteiger partial charge in [0.1, 0.15) is 16.1 Å². The van der Waals surface area contributed by atoms with E-state index >= 15 is 0 Å². The number of carboxylic acid groups (broad SMARTS) is 1. The number of rotatable bonds is 7. The number of benzene rings is 1. The molecule has 10 nitrogen and oxygen atoms in total. The second-order valence-electron chi connectivity index (χ2n) is 7.99. The maximum Gasteiger partial charge on any atom is 0.490 e. The number of aromatic nitrogens is 1. The fourth-order valence-corrected chi connectivity index (χ4v) is 6.00. The zero-order valence-corrected chi connectivity index (χ0v) is 21.1. The molecule has 3 heterocycles. The lowest BCUT2D eigenvalue weighted by atomic mass is 10.1. The first kappa shape index (κ1) is 28.7. The van der Waals surface area contributed by atoms with E-state index in [9.17, 15) is 26.4 Å². The van der Waals surface area contributed by atoms with Gasteiger partial charge < -0.3 is 15.7 Å². The van der Waals surface area contributed by atoms with Gasteiger partial charge in [0.15, 0.2) is 0 Å². The summed E-state index contributed by atoms with van der Waals surface area (Å²) >= 11 is 1.15. The molecule has 1 atom stereocenters. The van der Waals surface area contributed by atoms with E-state index in [1.165, 1.54) is 0 Å². The summed E-state index contributed by atoms with van der Waals surface area (Å²) in [5.74, 6) is -3.06. The average Bonchev–Trinajstić information content (AvgIpc) is 3.48. The summed E-state index contributed by atoms with van der Waals surface area (Å²) in [6.07, 6.45) is -1.38. The van der Waals surface area contributed by atoms with Crippen LogP contribution in [0.1, 0.15) is 17.5 Å². The maximum atomic E-state index is 12.8. The first-order valence-corrected chi connectivity index (χ1v) is 13.1. The number of likely N-dealkylation sites (tertiary alicyclic amines) is 1. The number of nitrogens with zero attached hydrogens (tertiary/aromatic N) is 2. The molecule has 38 heavy (non-hydrogen) atoms. The van der Waals surface area contributed by atoms with Crippen molar-refractivity contribution in [3.8, 4) is 10.4 Å². The van der Waals surface area contributed by atoms with Gasteiger partial charge in [0.05, 0.1) is 0 Å². The van der Waals surface area contributed by atoms with Gasteiger partial charge in [-0.25, -0.2) is 13.2 Å². The highest BCUT2D eigenvalue weighted by molar-refractivity contribution is 7.91. The number of alkyl halides is 3. The number of aliphatic carboxylic acids is 1. The van der Waals surface area contributed by atoms with Gasteiger partial charge in [-0.15, -0.1) is 11.3 Å². The number of hydrogen-bond acceptors (Lipinski definition) is 7. The fraction of sp³-hybridized carbons (Fsp3) is 0.217. The van der Waals surface area contributed by atoms with Gasteiger partial charge in [0.2, 0.25) is 5.91 Å². The van der Waals surface area contributed by atoms with E-state index in [-0.39, 0.29) is 16.0 Å². The van der Waals surface area contributed by atoms with Gasteiger partial charge in [0.25, 0.3) is 10.0 Å². The molecule has 1 aromatic carbocycles. The van der Waals surface area contributed by atoms with E-state index in [2.05, 4.69) is 9.71 Å². The molecule has 202 valence electrons. The van der Waals surface area contributed by atoms with E-state index in [1.54, 1.807) is 47.6 Å². The Morgan fingerprint density at radius 1 is 1.21 bits per heavy atom. The van der Waals surface area contributed by atoms with Gasteiger partial charge >= 0.3 is 12.1 Å². The summed E-state index contributed by atoms with van der Waals surface area (Å²) in [5, 5.41) is 14.7. The van der Waals surface area contributed by atoms with Crippen molar-refractivity contribution < 1.29 is 36.3 Å². The molecule has 15 heteroatoms. The highest BCUT2D eigenvalue weighted by Gasteiger charge is 2.38. The van der Waals surface area contributed by atoms with Crippen LogP contribution in [-0.2, 0) is 26.2 Å². The molecule has 5 N–H and O–H groups in total. The molecule has 0 radical (unpaired) electrons. The first-order valence-electron chi connectivity index (χ1n) is 10.8. The maximum absolute atomic E-state index is 12.8. The van der Waals surface area contributed by atoms with Gasteiger partial charge in [-0.3, -0.25) is 15.2 Å². The largest absolute Gasteiger partial charge is 0.490 e. The minimum atomic E-state index is -5.08. The number of amides is 1. The Hall–Kier alpha value is -3.82. The van der Waals surface area contributed by atoms with Crippen LogP contribution in [0.25, 0.3) is 10.4 Å². The van der Waals surface area contributed by atoms with E-state index in [4.69, 9.17) is 21.0 Å². The van der Waals surface area contributed by atoms with Gasteiger partial charge in [-0.05, 0) is 47.9 Å². The van der Waals surface area contributed by atoms with Crippen molar-refractivity contribution in [2.75, 3.05) is 6.54 Å². The van der Waals surface area contributed by atoms with E-state index < -0.39 is 28.2 Å². The van der Waals surface area contributed by atoms with Crippen LogP contribution >= 0.6 is 11.3 Å². The number of halogens is 3. The van der Waals surface area contributed by atoms with Crippen LogP contribution in [0.4, 0.5) is 13.2 Å². The smallest absolute Gasteiger partial charge is 0.475 e. The third kappa shape index (κ3) is 7.36. The lowest BCUT2D eigenvalue weighted by Crippen LogP contribution is -2.41. The van der Waals surface area contributed by atoms with Crippen molar-refractivity contribution >= 4 is 39.1 Å². The van der Waals surface area contributed by atoms with E-state index in [1.807, 2.05) is 18.2 Å². The Kier molecular flexibility index (Phi) is 8.85. The molecule has 0 bridgehead atoms. The lowest BCUT2D eigenvalue weighted by molar-refractivity contribution is -0.192. The van der Waals surface area contributed by atoms with Crippen LogP contribution in [0.2, 0.25) is 0 Å². The standard InChI is InChI=1S/C21H21N5O3S2.C2HF3O2/c22-20(23)16-3-1-2-14(12-16)13-26-11-8-17(21(26)27)25-31(28,29)19-5-4-18(30-19)15-6-9-24-10-7-15;3-2(4,5)1(6)7/h1-7,9-10,12,17,25H,8,11,13H2,(H3,22,23);(H,6,7). The SMILES string of the molecule is N=C(N)c1cccc(CN2CCC(NS(=O)(=O)c3ccc(-c4ccncc4)s3)C2=O)c1.O=C(O)C(F)(F)F. The molecule has 1 unspecified atom stereocenters. The van der Waals surface area contributed by atoms with Crippen LogP contribution < -0.4 is 10.5 Å². The van der Waals surface area contributed by atoms with Crippen molar-refractivity contribution in [2.24, 2.45) is 5.73 Å². The molecule has 1 fully saturated rings. The number of amidine groups is 1. The predicted octanol–water partition coefficient (Wildman–Crippen LogP) is 2.81. The molecule has 1 aliphatic heterocycles. The van der Waals surface area contributed by atoms with Crippen LogP contribution in [0.15, 0.2) is 65.1 Å². The zero-order chi connectivity index (χ0) is 28.1. The molecule has 1 aliphatic rings. The molecule has 0 saturated carbocycles. The van der Waals surface area contributed by atoms with Crippen molar-refractivity contribution in [3.63, 3.8) is 0 Å². The number of nitrogen functional groups attached to an aromatic ring is 1. The van der Waals surface area contributed by atoms with E-state index in [0.29, 0.717) is 25.1 Å². The lowest BCUT2D eigenvalue weighted by Gasteiger charge is -2.17. The van der Waals surface area contributed by atoms with Crippen LogP contribution in [0, 0.1) is 5.41 Å². The Balaban J connectivity index is 0.000000505. The molecule has 4 rings (SSSR count). The fourth-order valence-electron chi connectivity index (χ4n) is 3.44. The minimum Gasteiger partial charge on any atom is -0.475 e. The molecule has 2 aromatic heterocycles. The molecular formula is C23H22F3N5O5S2. The molecule has 1 saturated heterocycles. The first-order chi connectivity index (χ1) is 17.8. The monoisotopic (exact) mass is 569 g/mol. The summed E-state index contributed by atoms with van der Waals surface area (Å²) in [6, 6.07) is 13.3. The Labute approximate surface area is 219 Å². The number of carbonyl (C=O) groups is 2. The highest BCUT2D eigenvalue weighted by atomic mass is 32.2. The molecular weight excluding hydrogens is 547 g/mol. The number of thiophene rings is 1. The predicted molar refractivity (Wildman–Crippen MR) is 133 cm³/mol. The van der Waals surface area contributed by atoms with Crippen LogP contribution in [0.3, 0.4) is 0 Å². The zero-order valence-electron chi connectivity index (χ0n) is 19.5. The molecule has 0 aliphatic carbocycles. The van der Waals surface area contributed by atoms with Gasteiger partial charge in [-0.2, -0.15) is 17.9 Å². The average molecular weight is 570 g/mol. The quantitative estimate of drug-likeness (QED) is 0.251. The minimum absolute atomic E-state index is 0.0395. The highest BCUT2D eigenvalue weighted by Crippen LogP contribution is 2.30. The topological polar surface area (TPSA) is 167 Å². The summed E-state index contributed by atoms with van der Waals surface area (Å²) in [5.41, 5.74) is 7.84. The normalized spacial score (nSPS) is 15.6. The third-order valence-corrected chi connectivity index (χ3v) is 8.36. The number of nitrogens with two attached hydrogens (primary N) is 1. The summed E-state index contributed by atoms with van der Waals surface area (Å²) in [6.45, 7) is 0.784. The third-order valence-electron chi connectivity index (χ3n) is 5.26. The summed E-state index contributed by atoms with van der Waals surface area (Å²) in [7, 11) is -3.82. The Morgan fingerprint density at radius 3 is 2.47 bits per heavy atom. The number of pyridine rings is 1. The number of nitrogens with one attached hydrogen (secondary N) is 2. The molecule has 1 amide bonds. The van der Waals surface area contributed by atoms with Crippen molar-refractivity contribution in [3.05, 3.63) is 72.1 Å². The van der Waals surface area contributed by atoms with Gasteiger partial charge in [-0.1, -0.05) is 18.2 Å². The number of sulfonamides is 1. The van der Waals surface area contributed by atoms with Crippen molar-refractivity contribution in [1.29, 1.82) is 5.41 Å². The van der Waals surface area contributed by atoms with Crippen LogP contribution in [-0.4, -0.2) is 59.9 Å². The van der Waals surface area contributed by atoms with Crippen molar-refractivity contribution in [1.82, 2.24) is 14.6 Å². The number of hydrogen-bond donors (Lipinski definition) is 4. The second kappa shape index (κ2) is 11.7. The second-order valence-corrected chi connectivity index (χ2v) is 11.0. The molecule has 0 spiro atoms. The summed E-state index contributed by atoms with van der Waals surface area (Å²) < 4.78 is 60.1. The summed E-state index contributed by atoms with van der Waals surface area (Å²) in [4.78, 5) is 28.1.